The molecule has 3 aliphatic heterocycles. The number of nitrogens with zero attached hydrogens (tertiary/aromatic N) is 5. The van der Waals surface area contributed by atoms with Gasteiger partial charge in [-0.25, -0.2) is 0 Å². The number of hydrogen-bond acceptors (Lipinski definition) is 7. The van der Waals surface area contributed by atoms with E-state index in [4.69, 9.17) is 9.47 Å². The van der Waals surface area contributed by atoms with Gasteiger partial charge in [-0.2, -0.15) is 5.26 Å². The molecule has 4 aromatic rings. The number of benzene rings is 2. The molecular weight excluding hydrogens is 476 g/mol. The second-order valence-electron chi connectivity index (χ2n) is 10.8. The molecule has 38 heavy (non-hydrogen) atoms. The van der Waals surface area contributed by atoms with Crippen LogP contribution in [0, 0.1) is 11.3 Å². The topological polar surface area (TPSA) is 78.6 Å². The highest BCUT2D eigenvalue weighted by molar-refractivity contribution is 5.95. The summed E-state index contributed by atoms with van der Waals surface area (Å²) in [6.07, 6.45) is 6.38. The zero-order chi connectivity index (χ0) is 25.6. The first-order valence-electron chi connectivity index (χ1n) is 13.5. The highest BCUT2D eigenvalue weighted by Crippen LogP contribution is 2.32. The van der Waals surface area contributed by atoms with Crippen molar-refractivity contribution in [1.82, 2.24) is 14.9 Å². The van der Waals surface area contributed by atoms with Crippen LogP contribution in [-0.2, 0) is 16.0 Å². The minimum Gasteiger partial charge on any atom is -0.377 e. The molecule has 3 fully saturated rings. The van der Waals surface area contributed by atoms with Gasteiger partial charge in [0.05, 0.1) is 55.1 Å². The van der Waals surface area contributed by atoms with Crippen LogP contribution in [0.25, 0.3) is 21.7 Å². The third kappa shape index (κ3) is 4.17. The summed E-state index contributed by atoms with van der Waals surface area (Å²) < 4.78 is 14.5. The molecule has 3 aliphatic rings. The molecule has 1 N–H and O–H groups in total. The summed E-state index contributed by atoms with van der Waals surface area (Å²) >= 11 is 0. The van der Waals surface area contributed by atoms with E-state index in [1.807, 2.05) is 12.1 Å². The number of pyridine rings is 1. The molecule has 0 spiro atoms. The monoisotopic (exact) mass is 508 g/mol. The molecule has 4 atom stereocenters. The molecule has 8 nitrogen and oxygen atoms in total. The molecule has 3 saturated heterocycles. The van der Waals surface area contributed by atoms with Crippen LogP contribution >= 0.6 is 0 Å². The molecule has 0 saturated carbocycles. The van der Waals surface area contributed by atoms with Crippen LogP contribution < -0.4 is 15.1 Å². The van der Waals surface area contributed by atoms with Gasteiger partial charge in [-0.3, -0.25) is 4.98 Å². The highest BCUT2D eigenvalue weighted by atomic mass is 16.5. The smallest absolute Gasteiger partial charge is 0.101 e. The van der Waals surface area contributed by atoms with Crippen molar-refractivity contribution < 1.29 is 9.47 Å². The van der Waals surface area contributed by atoms with Gasteiger partial charge >= 0.3 is 0 Å². The first-order chi connectivity index (χ1) is 18.7. The molecule has 194 valence electrons. The van der Waals surface area contributed by atoms with Crippen LogP contribution in [0.1, 0.15) is 12.5 Å². The minimum atomic E-state index is 0.0482. The Hall–Kier alpha value is -3.64. The van der Waals surface area contributed by atoms with Gasteiger partial charge < -0.3 is 29.2 Å². The van der Waals surface area contributed by atoms with E-state index in [1.54, 1.807) is 6.20 Å². The molecule has 0 radical (unpaired) electrons. The van der Waals surface area contributed by atoms with E-state index in [-0.39, 0.29) is 12.2 Å². The predicted octanol–water partition coefficient (Wildman–Crippen LogP) is 3.53. The number of anilines is 2. The molecular formula is C30H32N6O2. The van der Waals surface area contributed by atoms with Gasteiger partial charge in [0, 0.05) is 66.9 Å². The van der Waals surface area contributed by atoms with Crippen LogP contribution in [0.15, 0.2) is 61.1 Å². The van der Waals surface area contributed by atoms with Crippen molar-refractivity contribution in [2.45, 2.75) is 37.8 Å². The fourth-order valence-electron chi connectivity index (χ4n) is 6.51. The third-order valence-corrected chi connectivity index (χ3v) is 8.09. The summed E-state index contributed by atoms with van der Waals surface area (Å²) in [5.74, 6) is 0. The van der Waals surface area contributed by atoms with Gasteiger partial charge in [-0.15, -0.1) is 0 Å². The summed E-state index contributed by atoms with van der Waals surface area (Å²) in [4.78, 5) is 9.44. The number of hydrogen-bond donors (Lipinski definition) is 1. The van der Waals surface area contributed by atoms with Gasteiger partial charge in [-0.1, -0.05) is 6.07 Å². The Balaban J connectivity index is 1.13. The van der Waals surface area contributed by atoms with Crippen LogP contribution in [0.2, 0.25) is 0 Å². The van der Waals surface area contributed by atoms with Gasteiger partial charge in [0.1, 0.15) is 6.07 Å². The fraction of sp³-hybridized carbons (Fsp3) is 0.400. The second kappa shape index (κ2) is 9.59. The number of rotatable bonds is 4. The molecule has 2 bridgehead atoms. The first kappa shape index (κ1) is 23.5. The predicted molar refractivity (Wildman–Crippen MR) is 149 cm³/mol. The van der Waals surface area contributed by atoms with Crippen molar-refractivity contribution in [3.05, 3.63) is 66.6 Å². The summed E-state index contributed by atoms with van der Waals surface area (Å²) in [6, 6.07) is 17.8. The SMILES string of the molecule is C[C@@H]1CN(c2ccc(C#N)c3ncccc23)C[C@H](Cn2cc3ccc(N4C5CNCC4COC5)cc3c2)O1. The number of piperazine rings is 1. The minimum absolute atomic E-state index is 0.0482. The van der Waals surface area contributed by atoms with Gasteiger partial charge in [-0.05, 0) is 48.7 Å². The Morgan fingerprint density at radius 3 is 2.74 bits per heavy atom. The van der Waals surface area contributed by atoms with Crippen molar-refractivity contribution in [2.24, 2.45) is 0 Å². The largest absolute Gasteiger partial charge is 0.377 e. The lowest BCUT2D eigenvalue weighted by Gasteiger charge is -2.47. The van der Waals surface area contributed by atoms with Crippen LogP contribution in [-0.4, -0.2) is 73.2 Å². The average molecular weight is 509 g/mol. The molecule has 2 aromatic heterocycles. The highest BCUT2D eigenvalue weighted by Gasteiger charge is 2.34. The molecule has 2 aromatic carbocycles. The van der Waals surface area contributed by atoms with E-state index in [0.29, 0.717) is 17.6 Å². The number of morpholine rings is 2. The number of nitriles is 1. The number of aromatic nitrogens is 2. The van der Waals surface area contributed by atoms with Crippen LogP contribution in [0.5, 0.6) is 0 Å². The lowest BCUT2D eigenvalue weighted by Crippen LogP contribution is -2.64. The Morgan fingerprint density at radius 2 is 1.89 bits per heavy atom. The third-order valence-electron chi connectivity index (χ3n) is 8.09. The van der Waals surface area contributed by atoms with Crippen molar-refractivity contribution in [3.63, 3.8) is 0 Å². The van der Waals surface area contributed by atoms with E-state index in [0.717, 1.165) is 62.5 Å². The molecule has 5 heterocycles. The zero-order valence-electron chi connectivity index (χ0n) is 21.6. The summed E-state index contributed by atoms with van der Waals surface area (Å²) in [7, 11) is 0. The molecule has 0 amide bonds. The zero-order valence-corrected chi connectivity index (χ0v) is 21.6. The normalized spacial score (nSPS) is 25.6. The lowest BCUT2D eigenvalue weighted by atomic mass is 10.0. The molecule has 8 heteroatoms. The van der Waals surface area contributed by atoms with E-state index in [2.05, 4.69) is 80.4 Å². The maximum absolute atomic E-state index is 9.54. The second-order valence-corrected chi connectivity index (χ2v) is 10.8. The fourth-order valence-corrected chi connectivity index (χ4v) is 6.51. The maximum atomic E-state index is 9.54. The average Bonchev–Trinajstić information content (AvgIpc) is 3.33. The maximum Gasteiger partial charge on any atom is 0.101 e. The number of ether oxygens (including phenoxy) is 2. The number of nitrogens with one attached hydrogen (secondary N) is 1. The van der Waals surface area contributed by atoms with E-state index >= 15 is 0 Å². The van der Waals surface area contributed by atoms with Crippen molar-refractivity contribution >= 4 is 33.1 Å². The Morgan fingerprint density at radius 1 is 1.05 bits per heavy atom. The van der Waals surface area contributed by atoms with Gasteiger partial charge in [0.25, 0.3) is 0 Å². The lowest BCUT2D eigenvalue weighted by molar-refractivity contribution is -0.0238. The standard InChI is InChI=1S/C30H32N6O2/c1-20-13-35(29-7-5-21(10-31)30-28(29)3-2-8-33-30)17-27(38-20)16-34-14-22-4-6-24(9-23(22)15-34)36-25-11-32-12-26(36)19-37-18-25/h2-9,14-15,20,25-27,32H,11-13,16-19H2,1H3/t20-,25?,26?,27+/m1/s1. The Kier molecular flexibility index (Phi) is 5.92. The van der Waals surface area contributed by atoms with Crippen LogP contribution in [0.3, 0.4) is 0 Å². The van der Waals surface area contributed by atoms with Crippen molar-refractivity contribution in [3.8, 4) is 6.07 Å². The summed E-state index contributed by atoms with van der Waals surface area (Å²) in [6.45, 7) is 7.99. The quantitative estimate of drug-likeness (QED) is 0.452. The summed E-state index contributed by atoms with van der Waals surface area (Å²) in [5, 5.41) is 16.6. The first-order valence-corrected chi connectivity index (χ1v) is 13.5. The van der Waals surface area contributed by atoms with Gasteiger partial charge in [0.15, 0.2) is 0 Å². The Labute approximate surface area is 222 Å². The van der Waals surface area contributed by atoms with Crippen molar-refractivity contribution in [2.75, 3.05) is 49.2 Å². The Bertz CT molecular complexity index is 1500. The molecule has 2 unspecified atom stereocenters. The molecule has 0 aliphatic carbocycles. The van der Waals surface area contributed by atoms with Gasteiger partial charge in [0.2, 0.25) is 0 Å². The van der Waals surface area contributed by atoms with Crippen LogP contribution in [0.4, 0.5) is 11.4 Å². The van der Waals surface area contributed by atoms with E-state index < -0.39 is 0 Å². The van der Waals surface area contributed by atoms with E-state index in [9.17, 15) is 5.26 Å². The van der Waals surface area contributed by atoms with E-state index in [1.165, 1.54) is 16.5 Å². The molecule has 7 rings (SSSR count). The summed E-state index contributed by atoms with van der Waals surface area (Å²) in [5.41, 5.74) is 3.76. The van der Waals surface area contributed by atoms with Crippen molar-refractivity contribution in [1.29, 1.82) is 5.26 Å². The number of fused-ring (bicyclic) bond motifs is 4.